The van der Waals surface area contributed by atoms with E-state index in [2.05, 4.69) is 4.85 Å². The van der Waals surface area contributed by atoms with E-state index in [0.29, 0.717) is 0 Å². The molecule has 0 aliphatic heterocycles. The van der Waals surface area contributed by atoms with Crippen LogP contribution in [0.4, 0.5) is 0 Å². The molecule has 0 bridgehead atoms. The third kappa shape index (κ3) is 2.84. The van der Waals surface area contributed by atoms with E-state index in [0.717, 1.165) is 12.0 Å². The van der Waals surface area contributed by atoms with Crippen LogP contribution >= 0.6 is 0 Å². The quantitative estimate of drug-likeness (QED) is 0.607. The van der Waals surface area contributed by atoms with Gasteiger partial charge in [0.15, 0.2) is 0 Å². The highest BCUT2D eigenvalue weighted by Gasteiger charge is 2.45. The molecule has 0 N–H and O–H groups in total. The average molecular weight is 251 g/mol. The van der Waals surface area contributed by atoms with Gasteiger partial charge in [-0.05, 0) is 19.1 Å². The van der Waals surface area contributed by atoms with Crippen LogP contribution in [0.2, 0.25) is 0 Å². The molecule has 2 unspecified atom stereocenters. The van der Waals surface area contributed by atoms with Crippen LogP contribution < -0.4 is 0 Å². The fourth-order valence-electron chi connectivity index (χ4n) is 1.52. The summed E-state index contributed by atoms with van der Waals surface area (Å²) >= 11 is 0. The smallest absolute Gasteiger partial charge is 0.296 e. The number of rotatable bonds is 4. The fourth-order valence-corrected chi connectivity index (χ4v) is 2.48. The predicted molar refractivity (Wildman–Crippen MR) is 62.8 cm³/mol. The van der Waals surface area contributed by atoms with Gasteiger partial charge in [0.05, 0.1) is 17.4 Å². The first-order valence-corrected chi connectivity index (χ1v) is 6.76. The molecule has 1 saturated carbocycles. The Hall–Kier alpha value is -1.38. The summed E-state index contributed by atoms with van der Waals surface area (Å²) in [5.74, 6) is 0.0766. The maximum atomic E-state index is 11.8. The third-order valence-electron chi connectivity index (χ3n) is 2.80. The molecule has 5 heteroatoms. The van der Waals surface area contributed by atoms with E-state index < -0.39 is 10.1 Å². The summed E-state index contributed by atoms with van der Waals surface area (Å²) in [5.41, 5.74) is 0.999. The maximum absolute atomic E-state index is 11.8. The van der Waals surface area contributed by atoms with Crippen molar-refractivity contribution in [3.8, 4) is 0 Å². The Morgan fingerprint density at radius 3 is 2.59 bits per heavy atom. The van der Waals surface area contributed by atoms with Crippen LogP contribution in [-0.4, -0.2) is 21.1 Å². The van der Waals surface area contributed by atoms with Crippen molar-refractivity contribution >= 4 is 10.1 Å². The third-order valence-corrected chi connectivity index (χ3v) is 4.09. The van der Waals surface area contributed by atoms with E-state index in [1.54, 1.807) is 12.1 Å². The Morgan fingerprint density at radius 1 is 1.41 bits per heavy atom. The Kier molecular flexibility index (Phi) is 3.18. The van der Waals surface area contributed by atoms with Crippen molar-refractivity contribution in [2.24, 2.45) is 5.92 Å². The van der Waals surface area contributed by atoms with E-state index in [9.17, 15) is 8.42 Å². The van der Waals surface area contributed by atoms with Crippen LogP contribution in [0.1, 0.15) is 12.0 Å². The van der Waals surface area contributed by atoms with Gasteiger partial charge >= 0.3 is 0 Å². The molecule has 0 heterocycles. The molecule has 1 aliphatic rings. The predicted octanol–water partition coefficient (Wildman–Crippen LogP) is 2.01. The van der Waals surface area contributed by atoms with Gasteiger partial charge in [-0.3, -0.25) is 4.18 Å². The summed E-state index contributed by atoms with van der Waals surface area (Å²) in [5, 5.41) is 0. The van der Waals surface area contributed by atoms with Crippen molar-refractivity contribution < 1.29 is 12.6 Å². The molecule has 0 radical (unpaired) electrons. The van der Waals surface area contributed by atoms with Crippen molar-refractivity contribution in [1.82, 2.24) is 0 Å². The highest BCUT2D eigenvalue weighted by atomic mass is 32.2. The fraction of sp³-hybridized carbons (Fsp3) is 0.417. The molecule has 0 spiro atoms. The van der Waals surface area contributed by atoms with Gasteiger partial charge in [0.1, 0.15) is 0 Å². The standard InChI is InChI=1S/C12H13NO3S/c1-9-3-5-11(6-4-9)17(14,15)16-8-10-7-12(10)13-2/h3-6,10,12H,7-8H2,1H3. The zero-order valence-electron chi connectivity index (χ0n) is 9.46. The van der Waals surface area contributed by atoms with E-state index >= 15 is 0 Å². The maximum Gasteiger partial charge on any atom is 0.296 e. The van der Waals surface area contributed by atoms with Gasteiger partial charge in [-0.2, -0.15) is 8.42 Å². The molecule has 90 valence electrons. The van der Waals surface area contributed by atoms with Crippen molar-refractivity contribution in [3.63, 3.8) is 0 Å². The minimum absolute atomic E-state index is 0.0526. The summed E-state index contributed by atoms with van der Waals surface area (Å²) in [6.45, 7) is 8.80. The lowest BCUT2D eigenvalue weighted by molar-refractivity contribution is 0.301. The second kappa shape index (κ2) is 4.47. The van der Waals surface area contributed by atoms with Gasteiger partial charge < -0.3 is 4.85 Å². The number of hydrogen-bond acceptors (Lipinski definition) is 3. The highest BCUT2D eigenvalue weighted by Crippen LogP contribution is 2.34. The number of aryl methyl sites for hydroxylation is 1. The summed E-state index contributed by atoms with van der Waals surface area (Å²) < 4.78 is 28.5. The minimum Gasteiger partial charge on any atom is -0.313 e. The van der Waals surface area contributed by atoms with Crippen molar-refractivity contribution in [3.05, 3.63) is 41.2 Å². The van der Waals surface area contributed by atoms with Gasteiger partial charge in [0, 0.05) is 6.42 Å². The second-order valence-electron chi connectivity index (χ2n) is 4.24. The molecule has 0 aromatic heterocycles. The van der Waals surface area contributed by atoms with Gasteiger partial charge in [0.25, 0.3) is 10.1 Å². The number of hydrogen-bond donors (Lipinski definition) is 0. The van der Waals surface area contributed by atoms with Gasteiger partial charge in [0.2, 0.25) is 6.04 Å². The second-order valence-corrected chi connectivity index (χ2v) is 5.86. The van der Waals surface area contributed by atoms with E-state index in [-0.39, 0.29) is 23.5 Å². The van der Waals surface area contributed by atoms with E-state index in [1.165, 1.54) is 12.1 Å². The zero-order valence-corrected chi connectivity index (χ0v) is 10.3. The Bertz CT molecular complexity index is 542. The number of benzene rings is 1. The minimum atomic E-state index is -3.67. The largest absolute Gasteiger partial charge is 0.313 e. The molecule has 1 aromatic carbocycles. The van der Waals surface area contributed by atoms with Crippen molar-refractivity contribution in [2.75, 3.05) is 6.61 Å². The first-order chi connectivity index (χ1) is 8.03. The topological polar surface area (TPSA) is 47.7 Å². The summed E-state index contributed by atoms with van der Waals surface area (Å²) in [6, 6.07) is 6.47. The molecule has 4 nitrogen and oxygen atoms in total. The van der Waals surface area contributed by atoms with Crippen molar-refractivity contribution in [1.29, 1.82) is 0 Å². The van der Waals surface area contributed by atoms with Crippen LogP contribution in [0.3, 0.4) is 0 Å². The molecule has 1 aromatic rings. The van der Waals surface area contributed by atoms with Gasteiger partial charge in [-0.1, -0.05) is 17.7 Å². The van der Waals surface area contributed by atoms with Crippen LogP contribution in [0, 0.1) is 19.4 Å². The summed E-state index contributed by atoms with van der Waals surface area (Å²) in [7, 11) is -3.67. The number of nitrogens with zero attached hydrogens (tertiary/aromatic N) is 1. The lowest BCUT2D eigenvalue weighted by Crippen LogP contribution is -2.09. The van der Waals surface area contributed by atoms with E-state index in [4.69, 9.17) is 10.8 Å². The zero-order chi connectivity index (χ0) is 12.5. The monoisotopic (exact) mass is 251 g/mol. The molecule has 2 atom stereocenters. The van der Waals surface area contributed by atoms with E-state index in [1.807, 2.05) is 6.92 Å². The first-order valence-electron chi connectivity index (χ1n) is 5.35. The summed E-state index contributed by atoms with van der Waals surface area (Å²) in [4.78, 5) is 3.51. The summed E-state index contributed by atoms with van der Waals surface area (Å²) in [6.07, 6.45) is 0.743. The van der Waals surface area contributed by atoms with Crippen molar-refractivity contribution in [2.45, 2.75) is 24.3 Å². The molecular weight excluding hydrogens is 238 g/mol. The molecule has 17 heavy (non-hydrogen) atoms. The van der Waals surface area contributed by atoms with Gasteiger partial charge in [-0.25, -0.2) is 6.57 Å². The molecule has 1 aliphatic carbocycles. The molecule has 2 rings (SSSR count). The average Bonchev–Trinajstić information content (AvgIpc) is 3.06. The SMILES string of the molecule is [C-]#[N+]C1CC1COS(=O)(=O)c1ccc(C)cc1. The van der Waals surface area contributed by atoms with Crippen LogP contribution in [0.25, 0.3) is 4.85 Å². The Morgan fingerprint density at radius 2 is 2.06 bits per heavy atom. The molecule has 1 fully saturated rings. The van der Waals surface area contributed by atoms with Crippen LogP contribution in [0.5, 0.6) is 0 Å². The van der Waals surface area contributed by atoms with Crippen LogP contribution in [0.15, 0.2) is 29.2 Å². The van der Waals surface area contributed by atoms with Crippen LogP contribution in [-0.2, 0) is 14.3 Å². The first kappa shape index (κ1) is 12.1. The molecule has 0 amide bonds. The lowest BCUT2D eigenvalue weighted by Gasteiger charge is -2.04. The highest BCUT2D eigenvalue weighted by molar-refractivity contribution is 7.86. The van der Waals surface area contributed by atoms with Gasteiger partial charge in [-0.15, -0.1) is 0 Å². The normalized spacial score (nSPS) is 23.1. The lowest BCUT2D eigenvalue weighted by atomic mass is 10.2. The molecular formula is C12H13NO3S. The Labute approximate surface area is 101 Å². The Balaban J connectivity index is 2.00. The molecule has 0 saturated heterocycles.